The van der Waals surface area contributed by atoms with E-state index in [9.17, 15) is 18.3 Å². The van der Waals surface area contributed by atoms with Crippen molar-refractivity contribution in [2.24, 2.45) is 0 Å². The molecule has 0 radical (unpaired) electrons. The van der Waals surface area contributed by atoms with E-state index in [4.69, 9.17) is 0 Å². The lowest BCUT2D eigenvalue weighted by atomic mass is 9.90. The van der Waals surface area contributed by atoms with E-state index < -0.39 is 12.7 Å². The third kappa shape index (κ3) is 3.66. The molecule has 1 saturated carbocycles. The Morgan fingerprint density at radius 3 is 2.74 bits per heavy atom. The Kier molecular flexibility index (Phi) is 4.81. The highest BCUT2D eigenvalue weighted by atomic mass is 19.4. The monoisotopic (exact) mass is 381 g/mol. The number of hydrogen-bond donors (Lipinski definition) is 3. The van der Waals surface area contributed by atoms with Crippen LogP contribution < -0.4 is 5.32 Å². The molecule has 1 aliphatic carbocycles. The SMILES string of the molecule is OCCc1nc2cnc3[nH]ccc3c2n1C1CCC(NCC(F)(F)F)CC1. The highest BCUT2D eigenvalue weighted by Crippen LogP contribution is 2.35. The third-order valence-electron chi connectivity index (χ3n) is 5.30. The van der Waals surface area contributed by atoms with E-state index in [1.165, 1.54) is 0 Å². The number of hydrogen-bond acceptors (Lipinski definition) is 4. The second kappa shape index (κ2) is 7.12. The Morgan fingerprint density at radius 2 is 2.04 bits per heavy atom. The zero-order chi connectivity index (χ0) is 19.0. The standard InChI is InChI=1S/C18H22F3N5O/c19-18(20,21)10-24-11-1-3-12(4-2-11)26-15(6-8-27)25-14-9-23-17-13(16(14)26)5-7-22-17/h5,7,9,11-12,24,27H,1-4,6,8,10H2,(H,22,23). The van der Waals surface area contributed by atoms with Crippen LogP contribution in [0, 0.1) is 0 Å². The smallest absolute Gasteiger partial charge is 0.396 e. The summed E-state index contributed by atoms with van der Waals surface area (Å²) in [5.74, 6) is 0.801. The van der Waals surface area contributed by atoms with Crippen LogP contribution in [0.1, 0.15) is 37.5 Å². The fourth-order valence-corrected chi connectivity index (χ4v) is 4.11. The quantitative estimate of drug-likeness (QED) is 0.635. The number of nitrogens with zero attached hydrogens (tertiary/aromatic N) is 3. The van der Waals surface area contributed by atoms with Crippen LogP contribution in [-0.4, -0.2) is 50.0 Å². The molecule has 0 aromatic carbocycles. The molecule has 3 aromatic rings. The lowest BCUT2D eigenvalue weighted by Crippen LogP contribution is -2.39. The molecule has 0 amide bonds. The van der Waals surface area contributed by atoms with Gasteiger partial charge in [-0.15, -0.1) is 0 Å². The van der Waals surface area contributed by atoms with Crippen molar-refractivity contribution < 1.29 is 18.3 Å². The fourth-order valence-electron chi connectivity index (χ4n) is 4.11. The highest BCUT2D eigenvalue weighted by molar-refractivity contribution is 6.01. The maximum absolute atomic E-state index is 12.4. The second-order valence-electron chi connectivity index (χ2n) is 7.11. The summed E-state index contributed by atoms with van der Waals surface area (Å²) in [6.45, 7) is -0.947. The molecule has 4 rings (SSSR count). The van der Waals surface area contributed by atoms with Gasteiger partial charge >= 0.3 is 6.18 Å². The van der Waals surface area contributed by atoms with Crippen LogP contribution in [-0.2, 0) is 6.42 Å². The first-order chi connectivity index (χ1) is 13.0. The first kappa shape index (κ1) is 18.2. The summed E-state index contributed by atoms with van der Waals surface area (Å²) in [6, 6.07) is 2.00. The Morgan fingerprint density at radius 1 is 1.26 bits per heavy atom. The average Bonchev–Trinajstić information content (AvgIpc) is 3.23. The van der Waals surface area contributed by atoms with Crippen LogP contribution in [0.5, 0.6) is 0 Å². The van der Waals surface area contributed by atoms with Gasteiger partial charge in [-0.05, 0) is 31.7 Å². The number of rotatable bonds is 5. The van der Waals surface area contributed by atoms with Gasteiger partial charge in [-0.2, -0.15) is 13.2 Å². The third-order valence-corrected chi connectivity index (χ3v) is 5.30. The van der Waals surface area contributed by atoms with E-state index >= 15 is 0 Å². The minimum absolute atomic E-state index is 0.00445. The van der Waals surface area contributed by atoms with Gasteiger partial charge in [-0.3, -0.25) is 0 Å². The molecule has 1 fully saturated rings. The Bertz CT molecular complexity index is 924. The maximum atomic E-state index is 12.4. The largest absolute Gasteiger partial charge is 0.401 e. The van der Waals surface area contributed by atoms with E-state index in [0.29, 0.717) is 19.3 Å². The molecule has 0 atom stereocenters. The minimum Gasteiger partial charge on any atom is -0.396 e. The number of aromatic amines is 1. The summed E-state index contributed by atoms with van der Waals surface area (Å²) < 4.78 is 39.5. The maximum Gasteiger partial charge on any atom is 0.401 e. The molecule has 3 N–H and O–H groups in total. The molecule has 0 saturated heterocycles. The summed E-state index contributed by atoms with van der Waals surface area (Å²) in [5.41, 5.74) is 2.54. The van der Waals surface area contributed by atoms with Crippen molar-refractivity contribution >= 4 is 22.1 Å². The fraction of sp³-hybridized carbons (Fsp3) is 0.556. The molecule has 27 heavy (non-hydrogen) atoms. The van der Waals surface area contributed by atoms with Gasteiger partial charge in [0.1, 0.15) is 17.0 Å². The predicted octanol–water partition coefficient (Wildman–Crippen LogP) is 3.08. The molecule has 0 spiro atoms. The summed E-state index contributed by atoms with van der Waals surface area (Å²) >= 11 is 0. The van der Waals surface area contributed by atoms with Crippen LogP contribution >= 0.6 is 0 Å². The Labute approximate surface area is 153 Å². The van der Waals surface area contributed by atoms with Gasteiger partial charge in [-0.25, -0.2) is 9.97 Å². The second-order valence-corrected chi connectivity index (χ2v) is 7.11. The average molecular weight is 381 g/mol. The van der Waals surface area contributed by atoms with Gasteiger partial charge < -0.3 is 20.0 Å². The minimum atomic E-state index is -4.18. The Hall–Kier alpha value is -2.13. The van der Waals surface area contributed by atoms with Crippen molar-refractivity contribution in [1.29, 1.82) is 0 Å². The molecule has 0 unspecified atom stereocenters. The number of alkyl halides is 3. The van der Waals surface area contributed by atoms with Crippen LogP contribution in [0.25, 0.3) is 22.1 Å². The summed E-state index contributed by atoms with van der Waals surface area (Å²) in [5, 5.41) is 13.0. The van der Waals surface area contributed by atoms with Gasteiger partial charge in [0.15, 0.2) is 0 Å². The van der Waals surface area contributed by atoms with Crippen LogP contribution in [0.2, 0.25) is 0 Å². The molecule has 9 heteroatoms. The summed E-state index contributed by atoms with van der Waals surface area (Å²) in [4.78, 5) is 12.1. The van der Waals surface area contributed by atoms with Gasteiger partial charge in [0, 0.05) is 30.1 Å². The lowest BCUT2D eigenvalue weighted by Gasteiger charge is -2.31. The summed E-state index contributed by atoms with van der Waals surface area (Å²) in [7, 11) is 0. The van der Waals surface area contributed by atoms with Crippen molar-refractivity contribution in [3.05, 3.63) is 24.3 Å². The number of aliphatic hydroxyl groups excluding tert-OH is 1. The molecule has 3 aromatic heterocycles. The normalized spacial score (nSPS) is 21.3. The Balaban J connectivity index is 1.61. The molecule has 0 aliphatic heterocycles. The number of nitrogens with one attached hydrogen (secondary N) is 2. The van der Waals surface area contributed by atoms with Crippen molar-refractivity contribution in [1.82, 2.24) is 24.8 Å². The molecule has 146 valence electrons. The number of H-pyrrole nitrogens is 1. The molecule has 1 aliphatic rings. The van der Waals surface area contributed by atoms with Crippen molar-refractivity contribution in [2.75, 3.05) is 13.2 Å². The number of aliphatic hydroxyl groups is 1. The van der Waals surface area contributed by atoms with Gasteiger partial charge in [0.2, 0.25) is 0 Å². The topological polar surface area (TPSA) is 78.8 Å². The zero-order valence-electron chi connectivity index (χ0n) is 14.8. The first-order valence-electron chi connectivity index (χ1n) is 9.20. The van der Waals surface area contributed by atoms with E-state index in [1.807, 2.05) is 12.3 Å². The number of fused-ring (bicyclic) bond motifs is 3. The number of halogens is 3. The molecular formula is C18H22F3N5O. The van der Waals surface area contributed by atoms with Crippen LogP contribution in [0.4, 0.5) is 13.2 Å². The molecule has 0 bridgehead atoms. The number of pyridine rings is 1. The lowest BCUT2D eigenvalue weighted by molar-refractivity contribution is -0.126. The van der Waals surface area contributed by atoms with Gasteiger partial charge in [0.05, 0.1) is 24.9 Å². The van der Waals surface area contributed by atoms with Crippen molar-refractivity contribution in [2.45, 2.75) is 50.4 Å². The molecular weight excluding hydrogens is 359 g/mol. The molecule has 3 heterocycles. The van der Waals surface area contributed by atoms with E-state index in [1.54, 1.807) is 6.20 Å². The zero-order valence-corrected chi connectivity index (χ0v) is 14.8. The van der Waals surface area contributed by atoms with Crippen molar-refractivity contribution in [3.8, 4) is 0 Å². The van der Waals surface area contributed by atoms with E-state index in [-0.39, 0.29) is 18.7 Å². The van der Waals surface area contributed by atoms with E-state index in [0.717, 1.165) is 40.7 Å². The van der Waals surface area contributed by atoms with E-state index in [2.05, 4.69) is 24.8 Å². The van der Waals surface area contributed by atoms with Crippen LogP contribution in [0.3, 0.4) is 0 Å². The molecule has 6 nitrogen and oxygen atoms in total. The number of imidazole rings is 1. The summed E-state index contributed by atoms with van der Waals surface area (Å²) in [6.07, 6.45) is 2.72. The van der Waals surface area contributed by atoms with Crippen LogP contribution in [0.15, 0.2) is 18.5 Å². The van der Waals surface area contributed by atoms with Gasteiger partial charge in [0.25, 0.3) is 0 Å². The first-order valence-corrected chi connectivity index (χ1v) is 9.20. The van der Waals surface area contributed by atoms with Crippen molar-refractivity contribution in [3.63, 3.8) is 0 Å². The highest BCUT2D eigenvalue weighted by Gasteiger charge is 2.31. The number of aromatic nitrogens is 4. The van der Waals surface area contributed by atoms with Gasteiger partial charge in [-0.1, -0.05) is 0 Å². The predicted molar refractivity (Wildman–Crippen MR) is 95.5 cm³/mol.